The van der Waals surface area contributed by atoms with E-state index in [1.165, 1.54) is 6.08 Å². The molecule has 4 nitrogen and oxygen atoms in total. The number of carbonyl (C=O) groups is 1. The van der Waals surface area contributed by atoms with Crippen molar-refractivity contribution in [2.75, 3.05) is 19.4 Å². The van der Waals surface area contributed by atoms with Gasteiger partial charge in [-0.2, -0.15) is 0 Å². The van der Waals surface area contributed by atoms with Crippen LogP contribution in [0, 0.1) is 0 Å². The molecule has 3 aromatic rings. The van der Waals surface area contributed by atoms with Crippen LogP contribution >= 0.6 is 11.6 Å². The first kappa shape index (κ1) is 20.5. The molecular weight excluding hydrogens is 384 g/mol. The van der Waals surface area contributed by atoms with E-state index < -0.39 is 0 Å². The monoisotopic (exact) mass is 406 g/mol. The number of nitrogens with one attached hydrogen (secondary N) is 1. The van der Waals surface area contributed by atoms with E-state index in [1.54, 1.807) is 18.3 Å². The van der Waals surface area contributed by atoms with E-state index in [0.717, 1.165) is 16.9 Å². The highest BCUT2D eigenvalue weighted by molar-refractivity contribution is 6.33. The van der Waals surface area contributed by atoms with E-state index >= 15 is 0 Å². The molecule has 148 valence electrons. The second-order valence-corrected chi connectivity index (χ2v) is 7.14. The molecule has 3 aromatic carbocycles. The number of halogens is 1. The van der Waals surface area contributed by atoms with E-state index in [-0.39, 0.29) is 5.78 Å². The van der Waals surface area contributed by atoms with Gasteiger partial charge >= 0.3 is 0 Å². The summed E-state index contributed by atoms with van der Waals surface area (Å²) < 4.78 is 5.96. The van der Waals surface area contributed by atoms with Gasteiger partial charge in [0.05, 0.1) is 16.3 Å². The lowest BCUT2D eigenvalue weighted by molar-refractivity contribution is 0.104. The van der Waals surface area contributed by atoms with Crippen molar-refractivity contribution in [1.29, 1.82) is 0 Å². The van der Waals surface area contributed by atoms with Gasteiger partial charge in [-0.1, -0.05) is 54.1 Å². The van der Waals surface area contributed by atoms with E-state index in [4.69, 9.17) is 16.3 Å². The molecule has 3 rings (SSSR count). The molecule has 5 heteroatoms. The van der Waals surface area contributed by atoms with Crippen LogP contribution in [0.1, 0.15) is 15.9 Å². The lowest BCUT2D eigenvalue weighted by atomic mass is 10.1. The Balaban J connectivity index is 1.88. The minimum absolute atomic E-state index is 0.135. The molecule has 0 aliphatic carbocycles. The van der Waals surface area contributed by atoms with Crippen molar-refractivity contribution >= 4 is 28.8 Å². The molecule has 0 fully saturated rings. The van der Waals surface area contributed by atoms with Gasteiger partial charge in [-0.25, -0.2) is 0 Å². The Bertz CT molecular complexity index is 1000. The molecule has 0 aliphatic heterocycles. The number of benzene rings is 3. The predicted molar refractivity (Wildman–Crippen MR) is 119 cm³/mol. The van der Waals surface area contributed by atoms with Crippen molar-refractivity contribution in [2.24, 2.45) is 0 Å². The zero-order valence-electron chi connectivity index (χ0n) is 16.4. The molecule has 0 unspecified atom stereocenters. The summed E-state index contributed by atoms with van der Waals surface area (Å²) in [4.78, 5) is 14.6. The average molecular weight is 407 g/mol. The van der Waals surface area contributed by atoms with Gasteiger partial charge in [-0.15, -0.1) is 0 Å². The predicted octanol–water partition coefficient (Wildman–Crippen LogP) is 5.92. The van der Waals surface area contributed by atoms with E-state index in [9.17, 15) is 4.79 Å². The average Bonchev–Trinajstić information content (AvgIpc) is 2.73. The maximum Gasteiger partial charge on any atom is 0.191 e. The molecule has 0 spiro atoms. The fraction of sp³-hybridized carbons (Fsp3) is 0.125. The number of nitrogens with zero attached hydrogens (tertiary/aromatic N) is 1. The number of hydrogen-bond donors (Lipinski definition) is 1. The zero-order chi connectivity index (χ0) is 20.6. The van der Waals surface area contributed by atoms with E-state index in [0.29, 0.717) is 22.9 Å². The first-order valence-corrected chi connectivity index (χ1v) is 9.62. The third-order valence-corrected chi connectivity index (χ3v) is 4.49. The molecule has 0 aromatic heterocycles. The van der Waals surface area contributed by atoms with Crippen LogP contribution in [0.3, 0.4) is 0 Å². The first-order chi connectivity index (χ1) is 14.0. The van der Waals surface area contributed by atoms with Crippen molar-refractivity contribution in [3.63, 3.8) is 0 Å². The Labute approximate surface area is 176 Å². The van der Waals surface area contributed by atoms with Gasteiger partial charge in [0.15, 0.2) is 5.78 Å². The molecule has 0 heterocycles. The summed E-state index contributed by atoms with van der Waals surface area (Å²) >= 11 is 6.24. The fourth-order valence-electron chi connectivity index (χ4n) is 2.69. The van der Waals surface area contributed by atoms with Crippen LogP contribution in [0.2, 0.25) is 5.02 Å². The number of para-hydroxylation sites is 1. The van der Waals surface area contributed by atoms with Gasteiger partial charge in [0.25, 0.3) is 0 Å². The van der Waals surface area contributed by atoms with E-state index in [1.807, 2.05) is 79.7 Å². The molecule has 0 saturated heterocycles. The number of ketones is 1. The molecule has 0 aliphatic rings. The maximum atomic E-state index is 12.8. The summed E-state index contributed by atoms with van der Waals surface area (Å²) in [5, 5.41) is 3.87. The summed E-state index contributed by atoms with van der Waals surface area (Å²) in [6.07, 6.45) is 3.25. The van der Waals surface area contributed by atoms with Crippen LogP contribution in [0.15, 0.2) is 85.1 Å². The Morgan fingerprint density at radius 3 is 2.48 bits per heavy atom. The highest BCUT2D eigenvalue weighted by atomic mass is 35.5. The van der Waals surface area contributed by atoms with Crippen LogP contribution in [-0.4, -0.2) is 24.8 Å². The summed E-state index contributed by atoms with van der Waals surface area (Å²) in [7, 11) is 3.73. The Kier molecular flexibility index (Phi) is 6.93. The van der Waals surface area contributed by atoms with Crippen LogP contribution in [-0.2, 0) is 6.61 Å². The molecule has 29 heavy (non-hydrogen) atoms. The summed E-state index contributed by atoms with van der Waals surface area (Å²) in [6.45, 7) is 0.385. The number of allylic oxidation sites excluding steroid dienone is 1. The number of carbonyl (C=O) groups excluding carboxylic acids is 1. The number of ether oxygens (including phenoxy) is 1. The first-order valence-electron chi connectivity index (χ1n) is 9.24. The van der Waals surface area contributed by atoms with Gasteiger partial charge < -0.3 is 15.0 Å². The largest absolute Gasteiger partial charge is 0.488 e. The van der Waals surface area contributed by atoms with Gasteiger partial charge in [0, 0.05) is 32.1 Å². The molecule has 0 saturated carbocycles. The second-order valence-electron chi connectivity index (χ2n) is 6.73. The van der Waals surface area contributed by atoms with E-state index in [2.05, 4.69) is 5.32 Å². The van der Waals surface area contributed by atoms with Gasteiger partial charge in [0.1, 0.15) is 12.4 Å². The summed E-state index contributed by atoms with van der Waals surface area (Å²) in [5.74, 6) is 0.400. The number of hydrogen-bond acceptors (Lipinski definition) is 4. The minimum atomic E-state index is -0.135. The van der Waals surface area contributed by atoms with Crippen molar-refractivity contribution in [3.05, 3.63) is 101 Å². The Morgan fingerprint density at radius 1 is 1.03 bits per heavy atom. The second kappa shape index (κ2) is 9.80. The quantitative estimate of drug-likeness (QED) is 0.372. The molecular formula is C24H23ClN2O2. The van der Waals surface area contributed by atoms with Crippen LogP contribution in [0.5, 0.6) is 5.75 Å². The molecule has 0 atom stereocenters. The van der Waals surface area contributed by atoms with Gasteiger partial charge in [-0.05, 0) is 35.9 Å². The molecule has 1 N–H and O–H groups in total. The van der Waals surface area contributed by atoms with Crippen LogP contribution in [0.4, 0.5) is 11.4 Å². The highest BCUT2D eigenvalue weighted by Crippen LogP contribution is 2.29. The molecule has 0 amide bonds. The SMILES string of the molecule is CN(C)C=CC(=O)c1cc(Nc2ccccc2Cl)ccc1OCc1ccccc1. The zero-order valence-corrected chi connectivity index (χ0v) is 17.2. The summed E-state index contributed by atoms with van der Waals surface area (Å²) in [6, 6.07) is 22.8. The number of rotatable bonds is 8. The lowest BCUT2D eigenvalue weighted by Crippen LogP contribution is -2.06. The van der Waals surface area contributed by atoms with Gasteiger partial charge in [-0.3, -0.25) is 4.79 Å². The minimum Gasteiger partial charge on any atom is -0.488 e. The van der Waals surface area contributed by atoms with Crippen LogP contribution < -0.4 is 10.1 Å². The standard InChI is InChI=1S/C24H23ClN2O2/c1-27(2)15-14-23(28)20-16-19(26-22-11-7-6-10-21(22)25)12-13-24(20)29-17-18-8-4-3-5-9-18/h3-16,26H,17H2,1-2H3. The maximum absolute atomic E-state index is 12.8. The highest BCUT2D eigenvalue weighted by Gasteiger charge is 2.13. The van der Waals surface area contributed by atoms with Crippen molar-refractivity contribution in [1.82, 2.24) is 4.90 Å². The van der Waals surface area contributed by atoms with Crippen molar-refractivity contribution in [3.8, 4) is 5.75 Å². The summed E-state index contributed by atoms with van der Waals surface area (Å²) in [5.41, 5.74) is 3.05. The molecule has 0 bridgehead atoms. The lowest BCUT2D eigenvalue weighted by Gasteiger charge is -2.14. The molecule has 0 radical (unpaired) electrons. The van der Waals surface area contributed by atoms with Crippen molar-refractivity contribution in [2.45, 2.75) is 6.61 Å². The number of anilines is 2. The normalized spacial score (nSPS) is 10.7. The third-order valence-electron chi connectivity index (χ3n) is 4.16. The third kappa shape index (κ3) is 5.87. The Morgan fingerprint density at radius 2 is 1.76 bits per heavy atom. The topological polar surface area (TPSA) is 41.6 Å². The smallest absolute Gasteiger partial charge is 0.191 e. The van der Waals surface area contributed by atoms with Crippen molar-refractivity contribution < 1.29 is 9.53 Å². The Hall–Kier alpha value is -3.24. The van der Waals surface area contributed by atoms with Gasteiger partial charge in [0.2, 0.25) is 0 Å². The fourth-order valence-corrected chi connectivity index (χ4v) is 2.87. The van der Waals surface area contributed by atoms with Crippen LogP contribution in [0.25, 0.3) is 0 Å².